The van der Waals surface area contributed by atoms with Crippen LogP contribution >= 0.6 is 11.3 Å². The molecule has 1 heterocycles. The van der Waals surface area contributed by atoms with Gasteiger partial charge in [-0.15, -0.1) is 0 Å². The number of alkyl halides is 2. The number of hydrogen-bond acceptors (Lipinski definition) is 2. The normalized spacial score (nSPS) is 24.8. The lowest BCUT2D eigenvalue weighted by Gasteiger charge is -2.36. The van der Waals surface area contributed by atoms with Crippen molar-refractivity contribution < 1.29 is 8.78 Å². The fraction of sp³-hybridized carbons (Fsp3) is 0.600. The van der Waals surface area contributed by atoms with E-state index in [-0.39, 0.29) is 12.8 Å². The van der Waals surface area contributed by atoms with Gasteiger partial charge in [-0.3, -0.25) is 0 Å². The lowest BCUT2D eigenvalue weighted by molar-refractivity contribution is -0.0513. The van der Waals surface area contributed by atoms with Gasteiger partial charge in [0.05, 0.1) is 0 Å². The van der Waals surface area contributed by atoms with Crippen molar-refractivity contribution in [3.63, 3.8) is 0 Å². The second kappa shape index (κ2) is 3.28. The van der Waals surface area contributed by atoms with Gasteiger partial charge in [-0.25, -0.2) is 8.78 Å². The Hall–Kier alpha value is -0.480. The minimum atomic E-state index is -2.50. The van der Waals surface area contributed by atoms with Gasteiger partial charge in [-0.1, -0.05) is 0 Å². The van der Waals surface area contributed by atoms with Gasteiger partial charge in [0.15, 0.2) is 0 Å². The summed E-state index contributed by atoms with van der Waals surface area (Å²) >= 11 is 1.56. The number of hydrogen-bond donors (Lipinski definition) is 1. The van der Waals surface area contributed by atoms with E-state index < -0.39 is 11.5 Å². The molecule has 0 radical (unpaired) electrons. The molecule has 0 bridgehead atoms. The molecular formula is C10H13F2NS. The standard InChI is InChI=1S/C10H13F2NS/c11-10(12)4-2-9(13,3-5-10)8-1-6-14-7-8/h1,6-7H,2-5,13H2. The van der Waals surface area contributed by atoms with Crippen molar-refractivity contribution in [3.8, 4) is 0 Å². The molecular weight excluding hydrogens is 204 g/mol. The van der Waals surface area contributed by atoms with Crippen LogP contribution in [0, 0.1) is 0 Å². The fourth-order valence-corrected chi connectivity index (χ4v) is 2.66. The Labute approximate surface area is 85.9 Å². The molecule has 2 rings (SSSR count). The molecule has 0 amide bonds. The first kappa shape index (κ1) is 10.1. The molecule has 0 aromatic carbocycles. The maximum atomic E-state index is 12.9. The first-order valence-electron chi connectivity index (χ1n) is 4.71. The highest BCUT2D eigenvalue weighted by Crippen LogP contribution is 2.42. The van der Waals surface area contributed by atoms with E-state index in [0.29, 0.717) is 12.8 Å². The van der Waals surface area contributed by atoms with E-state index in [0.717, 1.165) is 5.56 Å². The Bertz CT molecular complexity index is 298. The summed E-state index contributed by atoms with van der Waals surface area (Å²) in [7, 11) is 0. The Morgan fingerprint density at radius 2 is 1.86 bits per heavy atom. The monoisotopic (exact) mass is 217 g/mol. The van der Waals surface area contributed by atoms with Gasteiger partial charge in [0.25, 0.3) is 0 Å². The van der Waals surface area contributed by atoms with Crippen molar-refractivity contribution in [1.29, 1.82) is 0 Å². The largest absolute Gasteiger partial charge is 0.321 e. The van der Waals surface area contributed by atoms with E-state index in [1.54, 1.807) is 11.3 Å². The topological polar surface area (TPSA) is 26.0 Å². The Kier molecular flexibility index (Phi) is 2.35. The van der Waals surface area contributed by atoms with Crippen LogP contribution in [0.5, 0.6) is 0 Å². The van der Waals surface area contributed by atoms with Crippen LogP contribution in [0.2, 0.25) is 0 Å². The van der Waals surface area contributed by atoms with E-state index in [9.17, 15) is 8.78 Å². The summed E-state index contributed by atoms with van der Waals surface area (Å²) in [5, 5.41) is 3.90. The van der Waals surface area contributed by atoms with E-state index in [1.165, 1.54) is 0 Å². The van der Waals surface area contributed by atoms with Crippen LogP contribution in [0.4, 0.5) is 8.78 Å². The van der Waals surface area contributed by atoms with Crippen LogP contribution in [-0.2, 0) is 5.54 Å². The second-order valence-electron chi connectivity index (χ2n) is 4.02. The summed E-state index contributed by atoms with van der Waals surface area (Å²) < 4.78 is 25.9. The van der Waals surface area contributed by atoms with Gasteiger partial charge >= 0.3 is 0 Å². The first-order valence-corrected chi connectivity index (χ1v) is 5.66. The van der Waals surface area contributed by atoms with E-state index >= 15 is 0 Å². The van der Waals surface area contributed by atoms with Crippen molar-refractivity contribution in [2.24, 2.45) is 5.73 Å². The Morgan fingerprint density at radius 3 is 2.36 bits per heavy atom. The summed E-state index contributed by atoms with van der Waals surface area (Å²) in [6, 6.07) is 1.94. The predicted molar refractivity (Wildman–Crippen MR) is 53.6 cm³/mol. The van der Waals surface area contributed by atoms with Gasteiger partial charge in [-0.05, 0) is 35.2 Å². The molecule has 1 nitrogen and oxygen atoms in total. The van der Waals surface area contributed by atoms with Crippen molar-refractivity contribution in [2.75, 3.05) is 0 Å². The number of nitrogens with two attached hydrogens (primary N) is 1. The van der Waals surface area contributed by atoms with Crippen molar-refractivity contribution in [2.45, 2.75) is 37.1 Å². The molecule has 1 aliphatic carbocycles. The zero-order chi connectivity index (χ0) is 10.2. The molecule has 1 aromatic rings. The quantitative estimate of drug-likeness (QED) is 0.768. The summed E-state index contributed by atoms with van der Waals surface area (Å²) in [5.41, 5.74) is 6.62. The predicted octanol–water partition coefficient (Wildman–Crippen LogP) is 3.11. The van der Waals surface area contributed by atoms with Crippen LogP contribution in [0.15, 0.2) is 16.8 Å². The van der Waals surface area contributed by atoms with Gasteiger partial charge in [-0.2, -0.15) is 11.3 Å². The average Bonchev–Trinajstić information content (AvgIpc) is 2.64. The first-order chi connectivity index (χ1) is 6.52. The maximum absolute atomic E-state index is 12.9. The lowest BCUT2D eigenvalue weighted by atomic mass is 9.77. The number of halogens is 2. The highest BCUT2D eigenvalue weighted by atomic mass is 32.1. The second-order valence-corrected chi connectivity index (χ2v) is 4.80. The zero-order valence-corrected chi connectivity index (χ0v) is 8.62. The minimum Gasteiger partial charge on any atom is -0.321 e. The Morgan fingerprint density at radius 1 is 1.21 bits per heavy atom. The Balaban J connectivity index is 2.13. The van der Waals surface area contributed by atoms with Crippen LogP contribution in [0.25, 0.3) is 0 Å². The average molecular weight is 217 g/mol. The molecule has 0 spiro atoms. The third-order valence-electron chi connectivity index (χ3n) is 2.97. The highest BCUT2D eigenvalue weighted by molar-refractivity contribution is 7.08. The van der Waals surface area contributed by atoms with Crippen LogP contribution in [0.3, 0.4) is 0 Å². The molecule has 1 aromatic heterocycles. The molecule has 78 valence electrons. The summed E-state index contributed by atoms with van der Waals surface area (Å²) in [4.78, 5) is 0. The molecule has 0 saturated heterocycles. The molecule has 0 atom stereocenters. The molecule has 1 fully saturated rings. The third-order valence-corrected chi connectivity index (χ3v) is 3.65. The fourth-order valence-electron chi connectivity index (χ4n) is 1.90. The molecule has 1 aliphatic rings. The van der Waals surface area contributed by atoms with Gasteiger partial charge in [0, 0.05) is 18.4 Å². The molecule has 4 heteroatoms. The van der Waals surface area contributed by atoms with Crippen LogP contribution < -0.4 is 5.73 Å². The minimum absolute atomic E-state index is 0.0840. The molecule has 2 N–H and O–H groups in total. The van der Waals surface area contributed by atoms with Crippen LogP contribution in [0.1, 0.15) is 31.2 Å². The molecule has 14 heavy (non-hydrogen) atoms. The lowest BCUT2D eigenvalue weighted by Crippen LogP contribution is -2.43. The van der Waals surface area contributed by atoms with E-state index in [1.807, 2.05) is 16.8 Å². The molecule has 1 saturated carbocycles. The zero-order valence-electron chi connectivity index (χ0n) is 7.80. The highest BCUT2D eigenvalue weighted by Gasteiger charge is 2.42. The van der Waals surface area contributed by atoms with E-state index in [2.05, 4.69) is 0 Å². The van der Waals surface area contributed by atoms with Gasteiger partial charge in [0.1, 0.15) is 0 Å². The third kappa shape index (κ3) is 1.81. The SMILES string of the molecule is NC1(c2ccsc2)CCC(F)(F)CC1. The summed E-state index contributed by atoms with van der Waals surface area (Å²) in [5.74, 6) is -2.50. The van der Waals surface area contributed by atoms with Crippen molar-refractivity contribution in [3.05, 3.63) is 22.4 Å². The van der Waals surface area contributed by atoms with Crippen molar-refractivity contribution in [1.82, 2.24) is 0 Å². The van der Waals surface area contributed by atoms with Crippen molar-refractivity contribution >= 4 is 11.3 Å². The number of rotatable bonds is 1. The van der Waals surface area contributed by atoms with Gasteiger partial charge < -0.3 is 5.73 Å². The molecule has 0 aliphatic heterocycles. The van der Waals surface area contributed by atoms with Crippen LogP contribution in [-0.4, -0.2) is 5.92 Å². The number of thiophene rings is 1. The maximum Gasteiger partial charge on any atom is 0.248 e. The van der Waals surface area contributed by atoms with E-state index in [4.69, 9.17) is 5.73 Å². The summed E-state index contributed by atoms with van der Waals surface area (Å²) in [6.07, 6.45) is 0.603. The molecule has 0 unspecified atom stereocenters. The van der Waals surface area contributed by atoms with Gasteiger partial charge in [0.2, 0.25) is 5.92 Å². The smallest absolute Gasteiger partial charge is 0.248 e. The summed E-state index contributed by atoms with van der Waals surface area (Å²) in [6.45, 7) is 0.